The minimum absolute atomic E-state index is 0.00262. The van der Waals surface area contributed by atoms with Crippen molar-refractivity contribution in [3.05, 3.63) is 17.0 Å². The predicted octanol–water partition coefficient (Wildman–Crippen LogP) is 1.68. The number of carbonyl (C=O) groups excluding carboxylic acids is 1. The number of aliphatic hydroxyl groups excluding tert-OH is 1. The Kier molecular flexibility index (Phi) is 4.49. The number of rotatable bonds is 3. The van der Waals surface area contributed by atoms with Crippen molar-refractivity contribution in [3.63, 3.8) is 0 Å². The van der Waals surface area contributed by atoms with E-state index in [0.717, 1.165) is 32.2 Å². The lowest BCUT2D eigenvalue weighted by Gasteiger charge is -2.30. The number of hydrogen-bond acceptors (Lipinski definition) is 5. The smallest absolute Gasteiger partial charge is 0.156 e. The molecule has 5 nitrogen and oxygen atoms in total. The Morgan fingerprint density at radius 3 is 3.00 bits per heavy atom. The molecule has 1 aromatic heterocycles. The Bertz CT molecular complexity index is 428. The average Bonchev–Trinajstić information content (AvgIpc) is 2.63. The number of carbonyl (C=O) groups is 1. The highest BCUT2D eigenvalue weighted by molar-refractivity contribution is 6.32. The molecular weight excluding hydrogens is 254 g/mol. The first-order chi connectivity index (χ1) is 8.77. The molecule has 1 atom stereocenters. The molecule has 0 bridgehead atoms. The second-order valence-corrected chi connectivity index (χ2v) is 4.76. The molecule has 0 saturated carbocycles. The number of aliphatic hydroxyl groups is 1. The van der Waals surface area contributed by atoms with Crippen LogP contribution in [0, 0.1) is 0 Å². The number of anilines is 1. The van der Waals surface area contributed by atoms with Crippen LogP contribution < -0.4 is 4.90 Å². The Labute approximate surface area is 111 Å². The van der Waals surface area contributed by atoms with Crippen molar-refractivity contribution in [2.75, 3.05) is 18.1 Å². The molecule has 1 aliphatic rings. The standard InChI is InChI=1S/C12H16ClN3O2/c13-11-10(7-18)12(15-8-14-11)16-5-3-1-2-4-9(16)6-17/h7-9,17H,1-6H2. The van der Waals surface area contributed by atoms with E-state index in [2.05, 4.69) is 9.97 Å². The van der Waals surface area contributed by atoms with E-state index >= 15 is 0 Å². The third-order valence-corrected chi connectivity index (χ3v) is 3.59. The summed E-state index contributed by atoms with van der Waals surface area (Å²) in [5.74, 6) is 0.533. The lowest BCUT2D eigenvalue weighted by atomic mass is 10.1. The van der Waals surface area contributed by atoms with Gasteiger partial charge in [0.2, 0.25) is 0 Å². The molecule has 2 heterocycles. The van der Waals surface area contributed by atoms with Crippen LogP contribution in [0.1, 0.15) is 36.0 Å². The van der Waals surface area contributed by atoms with E-state index in [-0.39, 0.29) is 17.8 Å². The molecule has 0 aliphatic carbocycles. The SMILES string of the molecule is O=Cc1c(Cl)ncnc1N1CCCCCC1CO. The molecule has 1 saturated heterocycles. The zero-order valence-electron chi connectivity index (χ0n) is 10.0. The summed E-state index contributed by atoms with van der Waals surface area (Å²) < 4.78 is 0. The van der Waals surface area contributed by atoms with Crippen LogP contribution in [0.5, 0.6) is 0 Å². The second-order valence-electron chi connectivity index (χ2n) is 4.40. The van der Waals surface area contributed by atoms with Crippen molar-refractivity contribution in [2.24, 2.45) is 0 Å². The third kappa shape index (κ3) is 2.62. The number of hydrogen-bond donors (Lipinski definition) is 1. The summed E-state index contributed by atoms with van der Waals surface area (Å²) in [5, 5.41) is 9.64. The maximum absolute atomic E-state index is 11.1. The van der Waals surface area contributed by atoms with Crippen molar-refractivity contribution < 1.29 is 9.90 Å². The Balaban J connectivity index is 2.38. The van der Waals surface area contributed by atoms with Gasteiger partial charge in [-0.05, 0) is 12.8 Å². The van der Waals surface area contributed by atoms with Gasteiger partial charge in [0, 0.05) is 6.54 Å². The largest absolute Gasteiger partial charge is 0.394 e. The molecular formula is C12H16ClN3O2. The average molecular weight is 270 g/mol. The number of halogens is 1. The number of nitrogens with zero attached hydrogens (tertiary/aromatic N) is 3. The molecule has 0 amide bonds. The molecule has 0 aromatic carbocycles. The van der Waals surface area contributed by atoms with Gasteiger partial charge in [-0.15, -0.1) is 0 Å². The van der Waals surface area contributed by atoms with Gasteiger partial charge in [-0.1, -0.05) is 24.4 Å². The Hall–Kier alpha value is -1.20. The van der Waals surface area contributed by atoms with Gasteiger partial charge < -0.3 is 10.0 Å². The molecule has 1 N–H and O–H groups in total. The lowest BCUT2D eigenvalue weighted by Crippen LogP contribution is -2.38. The van der Waals surface area contributed by atoms with Gasteiger partial charge >= 0.3 is 0 Å². The summed E-state index contributed by atoms with van der Waals surface area (Å²) in [6.07, 6.45) is 6.16. The van der Waals surface area contributed by atoms with Crippen LogP contribution in [-0.4, -0.2) is 40.6 Å². The summed E-state index contributed by atoms with van der Waals surface area (Å²) in [6, 6.07) is -0.00262. The quantitative estimate of drug-likeness (QED) is 0.668. The highest BCUT2D eigenvalue weighted by atomic mass is 35.5. The normalized spacial score (nSPS) is 20.6. The topological polar surface area (TPSA) is 66.3 Å². The summed E-state index contributed by atoms with van der Waals surface area (Å²) >= 11 is 5.91. The monoisotopic (exact) mass is 269 g/mol. The van der Waals surface area contributed by atoms with Crippen LogP contribution in [0.3, 0.4) is 0 Å². The van der Waals surface area contributed by atoms with E-state index in [4.69, 9.17) is 11.6 Å². The number of aromatic nitrogens is 2. The van der Waals surface area contributed by atoms with Crippen molar-refractivity contribution in [1.29, 1.82) is 0 Å². The molecule has 6 heteroatoms. The van der Waals surface area contributed by atoms with Gasteiger partial charge in [0.15, 0.2) is 6.29 Å². The highest BCUT2D eigenvalue weighted by Crippen LogP contribution is 2.27. The zero-order chi connectivity index (χ0) is 13.0. The van der Waals surface area contributed by atoms with Gasteiger partial charge in [0.25, 0.3) is 0 Å². The maximum Gasteiger partial charge on any atom is 0.156 e. The highest BCUT2D eigenvalue weighted by Gasteiger charge is 2.24. The van der Waals surface area contributed by atoms with Gasteiger partial charge in [-0.3, -0.25) is 4.79 Å². The van der Waals surface area contributed by atoms with E-state index in [1.807, 2.05) is 4.90 Å². The molecule has 98 valence electrons. The van der Waals surface area contributed by atoms with Gasteiger partial charge in [0.05, 0.1) is 18.2 Å². The second kappa shape index (κ2) is 6.11. The molecule has 0 spiro atoms. The van der Waals surface area contributed by atoms with Crippen LogP contribution in [0.15, 0.2) is 6.33 Å². The van der Waals surface area contributed by atoms with E-state index in [1.165, 1.54) is 6.33 Å². The van der Waals surface area contributed by atoms with Gasteiger partial charge in [-0.2, -0.15) is 0 Å². The summed E-state index contributed by atoms with van der Waals surface area (Å²) in [6.45, 7) is 0.833. The summed E-state index contributed by atoms with van der Waals surface area (Å²) in [7, 11) is 0. The minimum atomic E-state index is -0.00262. The zero-order valence-corrected chi connectivity index (χ0v) is 10.8. The van der Waals surface area contributed by atoms with Gasteiger partial charge in [0.1, 0.15) is 17.3 Å². The first-order valence-corrected chi connectivity index (χ1v) is 6.49. The van der Waals surface area contributed by atoms with Crippen molar-refractivity contribution in [3.8, 4) is 0 Å². The third-order valence-electron chi connectivity index (χ3n) is 3.29. The Morgan fingerprint density at radius 1 is 1.44 bits per heavy atom. The fourth-order valence-electron chi connectivity index (χ4n) is 2.34. The molecule has 1 unspecified atom stereocenters. The van der Waals surface area contributed by atoms with E-state index < -0.39 is 0 Å². The first-order valence-electron chi connectivity index (χ1n) is 6.11. The predicted molar refractivity (Wildman–Crippen MR) is 69.1 cm³/mol. The fraction of sp³-hybridized carbons (Fsp3) is 0.583. The van der Waals surface area contributed by atoms with E-state index in [1.54, 1.807) is 0 Å². The molecule has 1 fully saturated rings. The summed E-state index contributed by atoms with van der Waals surface area (Å²) in [5.41, 5.74) is 0.305. The van der Waals surface area contributed by atoms with Gasteiger partial charge in [-0.25, -0.2) is 9.97 Å². The number of aldehydes is 1. The first kappa shape index (κ1) is 13.2. The fourth-order valence-corrected chi connectivity index (χ4v) is 2.51. The van der Waals surface area contributed by atoms with E-state index in [0.29, 0.717) is 17.7 Å². The lowest BCUT2D eigenvalue weighted by molar-refractivity contribution is 0.112. The van der Waals surface area contributed by atoms with Crippen LogP contribution in [0.2, 0.25) is 5.15 Å². The molecule has 0 radical (unpaired) electrons. The van der Waals surface area contributed by atoms with Crippen molar-refractivity contribution in [1.82, 2.24) is 9.97 Å². The van der Waals surface area contributed by atoms with Crippen LogP contribution in [0.25, 0.3) is 0 Å². The van der Waals surface area contributed by atoms with Crippen molar-refractivity contribution in [2.45, 2.75) is 31.7 Å². The molecule has 1 aromatic rings. The molecule has 2 rings (SSSR count). The maximum atomic E-state index is 11.1. The van der Waals surface area contributed by atoms with Crippen molar-refractivity contribution >= 4 is 23.7 Å². The Morgan fingerprint density at radius 2 is 2.28 bits per heavy atom. The van der Waals surface area contributed by atoms with E-state index in [9.17, 15) is 9.90 Å². The molecule has 1 aliphatic heterocycles. The minimum Gasteiger partial charge on any atom is -0.394 e. The van der Waals surface area contributed by atoms with Crippen LogP contribution in [-0.2, 0) is 0 Å². The van der Waals surface area contributed by atoms with Crippen LogP contribution >= 0.6 is 11.6 Å². The summed E-state index contributed by atoms with van der Waals surface area (Å²) in [4.78, 5) is 21.1. The molecule has 18 heavy (non-hydrogen) atoms. The van der Waals surface area contributed by atoms with Crippen LogP contribution in [0.4, 0.5) is 5.82 Å².